The number of aryl methyl sites for hydroxylation is 2. The highest BCUT2D eigenvalue weighted by molar-refractivity contribution is 7.14. The molecule has 1 heterocycles. The van der Waals surface area contributed by atoms with Crippen molar-refractivity contribution in [1.29, 1.82) is 0 Å². The van der Waals surface area contributed by atoms with Gasteiger partial charge in [-0.15, -0.1) is 22.9 Å². The Kier molecular flexibility index (Phi) is 5.28. The van der Waals surface area contributed by atoms with Crippen LogP contribution in [0.5, 0.6) is 0 Å². The first-order valence-corrected chi connectivity index (χ1v) is 8.35. The normalized spacial score (nSPS) is 16.2. The lowest BCUT2D eigenvalue weighted by Gasteiger charge is -2.12. The van der Waals surface area contributed by atoms with E-state index in [4.69, 9.17) is 11.6 Å². The van der Waals surface area contributed by atoms with Gasteiger partial charge in [-0.1, -0.05) is 13.8 Å². The van der Waals surface area contributed by atoms with Gasteiger partial charge in [0, 0.05) is 11.4 Å². The zero-order valence-electron chi connectivity index (χ0n) is 11.7. The minimum atomic E-state index is 0.0264. The second-order valence-electron chi connectivity index (χ2n) is 5.70. The molecule has 1 atom stereocenters. The van der Waals surface area contributed by atoms with Crippen LogP contribution in [-0.2, 0) is 12.8 Å². The average molecular weight is 300 g/mol. The Morgan fingerprint density at radius 3 is 2.84 bits per heavy atom. The molecule has 1 aromatic heterocycles. The van der Waals surface area contributed by atoms with Crippen LogP contribution in [0.25, 0.3) is 0 Å². The number of nitrogens with one attached hydrogen (secondary N) is 1. The van der Waals surface area contributed by atoms with E-state index in [-0.39, 0.29) is 11.3 Å². The summed E-state index contributed by atoms with van der Waals surface area (Å²) in [4.78, 5) is 14.3. The Balaban J connectivity index is 1.87. The molecule has 0 saturated carbocycles. The number of alkyl halides is 1. The number of amides is 1. The molecular formula is C15H22ClNOS. The molecule has 1 amide bonds. The Bertz CT molecular complexity index is 418. The molecule has 0 aliphatic heterocycles. The van der Waals surface area contributed by atoms with Gasteiger partial charge in [0.05, 0.1) is 10.3 Å². The Morgan fingerprint density at radius 2 is 2.16 bits per heavy atom. The number of hydrogen-bond acceptors (Lipinski definition) is 2. The van der Waals surface area contributed by atoms with Crippen molar-refractivity contribution in [2.45, 2.75) is 51.3 Å². The minimum absolute atomic E-state index is 0.0264. The molecule has 19 heavy (non-hydrogen) atoms. The first-order valence-electron chi connectivity index (χ1n) is 7.10. The fourth-order valence-electron chi connectivity index (χ4n) is 2.49. The summed E-state index contributed by atoms with van der Waals surface area (Å²) in [6.07, 6.45) is 5.71. The highest BCUT2D eigenvalue weighted by atomic mass is 35.5. The molecule has 1 aliphatic carbocycles. The van der Waals surface area contributed by atoms with Crippen LogP contribution in [-0.4, -0.2) is 17.8 Å². The van der Waals surface area contributed by atoms with Gasteiger partial charge in [0.1, 0.15) is 0 Å². The van der Waals surface area contributed by atoms with Crippen LogP contribution < -0.4 is 5.32 Å². The minimum Gasteiger partial charge on any atom is -0.350 e. The van der Waals surface area contributed by atoms with E-state index in [1.165, 1.54) is 23.3 Å². The fourth-order valence-corrected chi connectivity index (χ4v) is 4.09. The van der Waals surface area contributed by atoms with Gasteiger partial charge in [-0.25, -0.2) is 0 Å². The molecule has 2 nitrogen and oxygen atoms in total. The van der Waals surface area contributed by atoms with Crippen molar-refractivity contribution in [3.63, 3.8) is 0 Å². The van der Waals surface area contributed by atoms with Crippen molar-refractivity contribution in [1.82, 2.24) is 5.32 Å². The van der Waals surface area contributed by atoms with E-state index in [1.54, 1.807) is 11.3 Å². The van der Waals surface area contributed by atoms with E-state index in [1.807, 2.05) is 0 Å². The molecule has 1 aromatic rings. The van der Waals surface area contributed by atoms with Crippen molar-refractivity contribution in [2.24, 2.45) is 5.92 Å². The zero-order valence-corrected chi connectivity index (χ0v) is 13.2. The summed E-state index contributed by atoms with van der Waals surface area (Å²) in [5, 5.41) is 2.98. The van der Waals surface area contributed by atoms with E-state index in [0.717, 1.165) is 24.1 Å². The fraction of sp³-hybridized carbons (Fsp3) is 0.667. The average Bonchev–Trinajstić information content (AvgIpc) is 2.78. The maximum atomic E-state index is 12.1. The molecule has 0 bridgehead atoms. The van der Waals surface area contributed by atoms with Gasteiger partial charge in [0.25, 0.3) is 5.91 Å². The number of rotatable bonds is 5. The molecule has 0 saturated heterocycles. The van der Waals surface area contributed by atoms with Gasteiger partial charge in [-0.2, -0.15) is 0 Å². The number of fused-ring (bicyclic) bond motifs is 1. The first-order chi connectivity index (χ1) is 9.06. The molecule has 106 valence electrons. The SMILES string of the molecule is CC(C)CC(Cl)CNC(=O)c1cc2c(s1)CCCC2. The van der Waals surface area contributed by atoms with Crippen molar-refractivity contribution in [2.75, 3.05) is 6.54 Å². The number of carbonyl (C=O) groups excluding carboxylic acids is 1. The maximum absolute atomic E-state index is 12.1. The lowest BCUT2D eigenvalue weighted by Crippen LogP contribution is -2.29. The smallest absolute Gasteiger partial charge is 0.261 e. The summed E-state index contributed by atoms with van der Waals surface area (Å²) >= 11 is 7.85. The summed E-state index contributed by atoms with van der Waals surface area (Å²) in [5.74, 6) is 0.599. The Labute approximate surface area is 124 Å². The maximum Gasteiger partial charge on any atom is 0.261 e. The van der Waals surface area contributed by atoms with E-state index >= 15 is 0 Å². The van der Waals surface area contributed by atoms with Crippen LogP contribution >= 0.6 is 22.9 Å². The highest BCUT2D eigenvalue weighted by Crippen LogP contribution is 2.29. The molecule has 1 unspecified atom stereocenters. The van der Waals surface area contributed by atoms with Crippen LogP contribution in [0.1, 0.15) is 53.2 Å². The van der Waals surface area contributed by atoms with Gasteiger partial charge in [0.2, 0.25) is 0 Å². The second kappa shape index (κ2) is 6.76. The third kappa shape index (κ3) is 4.22. The predicted octanol–water partition coefficient (Wildman–Crippen LogP) is 4.01. The van der Waals surface area contributed by atoms with Crippen LogP contribution in [0.2, 0.25) is 0 Å². The Hall–Kier alpha value is -0.540. The molecule has 4 heteroatoms. The summed E-state index contributed by atoms with van der Waals surface area (Å²) < 4.78 is 0. The predicted molar refractivity (Wildman–Crippen MR) is 82.4 cm³/mol. The van der Waals surface area contributed by atoms with Gasteiger partial charge in [-0.3, -0.25) is 4.79 Å². The molecule has 1 N–H and O–H groups in total. The largest absolute Gasteiger partial charge is 0.350 e. The standard InChI is InChI=1S/C15H22ClNOS/c1-10(2)7-12(16)9-17-15(18)14-8-11-5-3-4-6-13(11)19-14/h8,10,12H,3-7,9H2,1-2H3,(H,17,18). The van der Waals surface area contributed by atoms with Crippen LogP contribution in [0, 0.1) is 5.92 Å². The van der Waals surface area contributed by atoms with Crippen LogP contribution in [0.4, 0.5) is 0 Å². The molecule has 0 spiro atoms. The number of thiophene rings is 1. The number of halogens is 1. The molecular weight excluding hydrogens is 278 g/mol. The van der Waals surface area contributed by atoms with Crippen molar-refractivity contribution in [3.05, 3.63) is 21.4 Å². The summed E-state index contributed by atoms with van der Waals surface area (Å²) in [5.41, 5.74) is 1.38. The van der Waals surface area contributed by atoms with Crippen molar-refractivity contribution < 1.29 is 4.79 Å². The van der Waals surface area contributed by atoms with Gasteiger partial charge < -0.3 is 5.32 Å². The first kappa shape index (κ1) is 14.9. The second-order valence-corrected chi connectivity index (χ2v) is 7.46. The van der Waals surface area contributed by atoms with E-state index in [0.29, 0.717) is 12.5 Å². The monoisotopic (exact) mass is 299 g/mol. The van der Waals surface area contributed by atoms with Crippen molar-refractivity contribution in [3.8, 4) is 0 Å². The lowest BCUT2D eigenvalue weighted by molar-refractivity contribution is 0.0957. The van der Waals surface area contributed by atoms with Gasteiger partial charge >= 0.3 is 0 Å². The topological polar surface area (TPSA) is 29.1 Å². The summed E-state index contributed by atoms with van der Waals surface area (Å²) in [6, 6.07) is 2.07. The third-order valence-corrected chi connectivity index (χ3v) is 5.00. The van der Waals surface area contributed by atoms with Gasteiger partial charge in [0.15, 0.2) is 0 Å². The van der Waals surface area contributed by atoms with Crippen LogP contribution in [0.3, 0.4) is 0 Å². The third-order valence-electron chi connectivity index (χ3n) is 3.43. The molecule has 0 radical (unpaired) electrons. The Morgan fingerprint density at radius 1 is 1.42 bits per heavy atom. The molecule has 2 rings (SSSR count). The van der Waals surface area contributed by atoms with Gasteiger partial charge in [-0.05, 0) is 49.7 Å². The van der Waals surface area contributed by atoms with E-state index in [9.17, 15) is 4.79 Å². The van der Waals surface area contributed by atoms with Crippen molar-refractivity contribution >= 4 is 28.8 Å². The summed E-state index contributed by atoms with van der Waals surface area (Å²) in [7, 11) is 0. The number of hydrogen-bond donors (Lipinski definition) is 1. The number of carbonyl (C=O) groups is 1. The van der Waals surface area contributed by atoms with Crippen LogP contribution in [0.15, 0.2) is 6.07 Å². The lowest BCUT2D eigenvalue weighted by atomic mass is 9.99. The highest BCUT2D eigenvalue weighted by Gasteiger charge is 2.17. The zero-order chi connectivity index (χ0) is 13.8. The van der Waals surface area contributed by atoms with E-state index < -0.39 is 0 Å². The molecule has 0 aromatic carbocycles. The molecule has 1 aliphatic rings. The quantitative estimate of drug-likeness (QED) is 0.818. The van der Waals surface area contributed by atoms with E-state index in [2.05, 4.69) is 25.2 Å². The molecule has 0 fully saturated rings. The summed E-state index contributed by atoms with van der Waals surface area (Å²) in [6.45, 7) is 4.84.